The first-order chi connectivity index (χ1) is 8.52. The van der Waals surface area contributed by atoms with E-state index in [2.05, 4.69) is 5.10 Å². The predicted octanol–water partition coefficient (Wildman–Crippen LogP) is 2.63. The van der Waals surface area contributed by atoms with E-state index in [1.165, 1.54) is 12.1 Å². The second kappa shape index (κ2) is 5.32. The number of carbonyl (C=O) groups excluding carboxylic acids is 1. The van der Waals surface area contributed by atoms with E-state index in [4.69, 9.17) is 45.3 Å². The minimum absolute atomic E-state index is 0.0203. The Bertz CT molecular complexity index is 510. The van der Waals surface area contributed by atoms with Crippen LogP contribution in [0.3, 0.4) is 0 Å². The Morgan fingerprint density at radius 2 is 1.94 bits per heavy atom. The number of nitrogens with zero attached hydrogens (tertiary/aromatic N) is 2. The number of hydrogen-bond donors (Lipinski definition) is 1. The molecule has 1 aromatic rings. The molecule has 0 saturated carbocycles. The van der Waals surface area contributed by atoms with Crippen LogP contribution in [-0.2, 0) is 9.53 Å². The molecule has 1 aliphatic heterocycles. The Balaban J connectivity index is 2.40. The summed E-state index contributed by atoms with van der Waals surface area (Å²) in [6.07, 6.45) is 0.0203. The normalized spacial score (nSPS) is 15.0. The van der Waals surface area contributed by atoms with Gasteiger partial charge in [-0.05, 0) is 12.1 Å². The van der Waals surface area contributed by atoms with Crippen LogP contribution in [0.2, 0.25) is 15.1 Å². The third-order valence-corrected chi connectivity index (χ3v) is 2.99. The number of halogens is 3. The molecule has 1 aromatic carbocycles. The summed E-state index contributed by atoms with van der Waals surface area (Å²) in [5, 5.41) is 5.90. The van der Waals surface area contributed by atoms with E-state index in [1.54, 1.807) is 0 Å². The van der Waals surface area contributed by atoms with Crippen LogP contribution in [0.5, 0.6) is 0 Å². The Morgan fingerprint density at radius 1 is 1.33 bits per heavy atom. The molecule has 0 aliphatic carbocycles. The summed E-state index contributed by atoms with van der Waals surface area (Å²) < 4.78 is 4.98. The Morgan fingerprint density at radius 3 is 2.50 bits per heavy atom. The molecule has 0 saturated heterocycles. The van der Waals surface area contributed by atoms with Crippen LogP contribution in [0.4, 0.5) is 5.69 Å². The molecule has 2 rings (SSSR count). The topological polar surface area (TPSA) is 67.9 Å². The summed E-state index contributed by atoms with van der Waals surface area (Å²) >= 11 is 17.8. The number of benzene rings is 1. The Hall–Kier alpha value is -1.01. The van der Waals surface area contributed by atoms with Crippen molar-refractivity contribution in [1.29, 1.82) is 0 Å². The summed E-state index contributed by atoms with van der Waals surface area (Å²) in [6.45, 7) is -0.0535. The molecule has 2 N–H and O–H groups in total. The number of carbonyl (C=O) groups is 1. The summed E-state index contributed by atoms with van der Waals surface area (Å²) in [7, 11) is 0. The molecule has 1 heterocycles. The van der Waals surface area contributed by atoms with E-state index in [0.29, 0.717) is 5.02 Å². The third kappa shape index (κ3) is 2.54. The van der Waals surface area contributed by atoms with Gasteiger partial charge >= 0.3 is 0 Å². The molecule has 8 heteroatoms. The minimum Gasteiger partial charge on any atom is -0.464 e. The molecule has 1 aliphatic rings. The van der Waals surface area contributed by atoms with E-state index in [1.807, 2.05) is 0 Å². The highest BCUT2D eigenvalue weighted by Crippen LogP contribution is 2.38. The van der Waals surface area contributed by atoms with Gasteiger partial charge in [-0.1, -0.05) is 34.8 Å². The minimum atomic E-state index is -0.301. The van der Waals surface area contributed by atoms with Crippen molar-refractivity contribution in [2.24, 2.45) is 10.8 Å². The highest BCUT2D eigenvalue weighted by molar-refractivity contribution is 6.42. The van der Waals surface area contributed by atoms with Gasteiger partial charge < -0.3 is 4.74 Å². The number of ether oxygens (including phenoxy) is 1. The van der Waals surface area contributed by atoms with E-state index < -0.39 is 0 Å². The molecule has 0 bridgehead atoms. The molecule has 0 aromatic heterocycles. The highest BCUT2D eigenvalue weighted by atomic mass is 35.5. The van der Waals surface area contributed by atoms with Crippen molar-refractivity contribution in [1.82, 2.24) is 0 Å². The largest absolute Gasteiger partial charge is 0.464 e. The quantitative estimate of drug-likeness (QED) is 0.854. The first-order valence-electron chi connectivity index (χ1n) is 4.90. The maximum Gasteiger partial charge on any atom is 0.256 e. The van der Waals surface area contributed by atoms with Crippen LogP contribution in [0.25, 0.3) is 0 Å². The van der Waals surface area contributed by atoms with E-state index >= 15 is 0 Å². The van der Waals surface area contributed by atoms with Gasteiger partial charge in [-0.3, -0.25) is 10.5 Å². The monoisotopic (exact) mass is 307 g/mol. The zero-order chi connectivity index (χ0) is 13.3. The zero-order valence-electron chi connectivity index (χ0n) is 8.99. The van der Waals surface area contributed by atoms with Crippen molar-refractivity contribution >= 4 is 52.3 Å². The maximum absolute atomic E-state index is 11.8. The second-order valence-corrected chi connectivity index (χ2v) is 4.66. The number of nitrogens with two attached hydrogens (primary N) is 1. The fourth-order valence-electron chi connectivity index (χ4n) is 1.49. The molecule has 0 unspecified atom stereocenters. The molecule has 96 valence electrons. The second-order valence-electron chi connectivity index (χ2n) is 3.41. The van der Waals surface area contributed by atoms with Crippen molar-refractivity contribution in [3.8, 4) is 0 Å². The van der Waals surface area contributed by atoms with Crippen molar-refractivity contribution < 1.29 is 9.53 Å². The van der Waals surface area contributed by atoms with Gasteiger partial charge in [0, 0.05) is 5.02 Å². The van der Waals surface area contributed by atoms with Crippen LogP contribution < -0.4 is 10.7 Å². The standard InChI is InChI=1S/C10H8Cl3N3O2/c11-5-1-6(12)10(7(13)2-5)16-9(17)3-8(15-16)18-4-14/h1-2H,3-4,14H2. The molecule has 5 nitrogen and oxygen atoms in total. The first kappa shape index (κ1) is 13.4. The molecule has 0 fully saturated rings. The zero-order valence-corrected chi connectivity index (χ0v) is 11.3. The van der Waals surface area contributed by atoms with Crippen molar-refractivity contribution in [3.63, 3.8) is 0 Å². The van der Waals surface area contributed by atoms with E-state index in [0.717, 1.165) is 5.01 Å². The number of anilines is 1. The van der Waals surface area contributed by atoms with Gasteiger partial charge in [0.05, 0.1) is 10.0 Å². The predicted molar refractivity (Wildman–Crippen MR) is 71.1 cm³/mol. The van der Waals surface area contributed by atoms with Gasteiger partial charge in [-0.25, -0.2) is 0 Å². The smallest absolute Gasteiger partial charge is 0.256 e. The van der Waals surface area contributed by atoms with Crippen LogP contribution in [0.15, 0.2) is 17.2 Å². The van der Waals surface area contributed by atoms with Gasteiger partial charge in [0.25, 0.3) is 5.91 Å². The number of amides is 1. The van der Waals surface area contributed by atoms with Gasteiger partial charge in [0.15, 0.2) is 0 Å². The average molecular weight is 309 g/mol. The summed E-state index contributed by atoms with van der Waals surface area (Å²) in [6, 6.07) is 2.96. The molecular formula is C10H8Cl3N3O2. The van der Waals surface area contributed by atoms with Crippen LogP contribution in [0, 0.1) is 0 Å². The van der Waals surface area contributed by atoms with Crippen molar-refractivity contribution in [3.05, 3.63) is 27.2 Å². The maximum atomic E-state index is 11.8. The molecule has 0 radical (unpaired) electrons. The highest BCUT2D eigenvalue weighted by Gasteiger charge is 2.29. The van der Waals surface area contributed by atoms with Gasteiger partial charge in [-0.2, -0.15) is 5.01 Å². The summed E-state index contributed by atoms with van der Waals surface area (Å²) in [5.74, 6) is -0.0749. The number of hydrogen-bond acceptors (Lipinski definition) is 4. The lowest BCUT2D eigenvalue weighted by molar-refractivity contribution is -0.117. The molecule has 18 heavy (non-hydrogen) atoms. The third-order valence-electron chi connectivity index (χ3n) is 2.19. The Kier molecular flexibility index (Phi) is 3.97. The van der Waals surface area contributed by atoms with E-state index in [-0.39, 0.29) is 40.7 Å². The molecule has 1 amide bonds. The average Bonchev–Trinajstić information content (AvgIpc) is 2.59. The fraction of sp³-hybridized carbons (Fsp3) is 0.200. The van der Waals surface area contributed by atoms with Gasteiger partial charge in [0.2, 0.25) is 5.90 Å². The van der Waals surface area contributed by atoms with Crippen molar-refractivity contribution in [2.75, 3.05) is 11.7 Å². The SMILES string of the molecule is NCOC1=NN(c2c(Cl)cc(Cl)cc2Cl)C(=O)C1. The fourth-order valence-corrected chi connectivity index (χ4v) is 2.47. The summed E-state index contributed by atoms with van der Waals surface area (Å²) in [4.78, 5) is 11.8. The van der Waals surface area contributed by atoms with Crippen LogP contribution >= 0.6 is 34.8 Å². The lowest BCUT2D eigenvalue weighted by atomic mass is 10.3. The number of hydrazone groups is 1. The Labute approximate surface area is 118 Å². The molecular weight excluding hydrogens is 300 g/mol. The molecule has 0 atom stereocenters. The van der Waals surface area contributed by atoms with E-state index in [9.17, 15) is 4.79 Å². The van der Waals surface area contributed by atoms with Crippen molar-refractivity contribution in [2.45, 2.75) is 6.42 Å². The van der Waals surface area contributed by atoms with Gasteiger partial charge in [0.1, 0.15) is 18.8 Å². The first-order valence-corrected chi connectivity index (χ1v) is 6.04. The van der Waals surface area contributed by atoms with Gasteiger partial charge in [-0.15, -0.1) is 5.10 Å². The molecule has 0 spiro atoms. The lowest BCUT2D eigenvalue weighted by Gasteiger charge is -2.14. The number of rotatable bonds is 2. The van der Waals surface area contributed by atoms with Crippen LogP contribution in [0.1, 0.15) is 6.42 Å². The summed E-state index contributed by atoms with van der Waals surface area (Å²) in [5.41, 5.74) is 5.50. The lowest BCUT2D eigenvalue weighted by Crippen LogP contribution is -2.20. The van der Waals surface area contributed by atoms with Crippen LogP contribution in [-0.4, -0.2) is 18.5 Å².